The number of aromatic nitrogens is 3. The second-order valence-electron chi connectivity index (χ2n) is 7.74. The number of ether oxygens (including phenoxy) is 4. The first kappa shape index (κ1) is 28.2. The number of carbonyl (C=O) groups is 3. The fraction of sp³-hybridized carbons (Fsp3) is 0.550. The Morgan fingerprint density at radius 3 is 2.43 bits per heavy atom. The van der Waals surface area contributed by atoms with Crippen molar-refractivity contribution in [1.82, 2.24) is 19.7 Å². The summed E-state index contributed by atoms with van der Waals surface area (Å²) >= 11 is 0. The molecule has 0 bridgehead atoms. The summed E-state index contributed by atoms with van der Waals surface area (Å²) in [6.45, 7) is 4.96. The number of carbonyl (C=O) groups excluding carboxylic acids is 3. The van der Waals surface area contributed by atoms with Crippen molar-refractivity contribution >= 4 is 37.4 Å². The molecule has 0 spiro atoms. The number of methoxy groups -OCH3 is 2. The summed E-state index contributed by atoms with van der Waals surface area (Å²) in [6.07, 6.45) is -1.29. The van der Waals surface area contributed by atoms with Crippen molar-refractivity contribution in [3.63, 3.8) is 0 Å². The van der Waals surface area contributed by atoms with Gasteiger partial charge in [0.15, 0.2) is 18.0 Å². The van der Waals surface area contributed by atoms with E-state index in [1.165, 1.54) is 52.8 Å². The summed E-state index contributed by atoms with van der Waals surface area (Å²) in [7, 11) is -0.440. The maximum Gasteiger partial charge on any atom is 0.322 e. The van der Waals surface area contributed by atoms with Crippen molar-refractivity contribution in [2.45, 2.75) is 51.5 Å². The van der Waals surface area contributed by atoms with Crippen molar-refractivity contribution in [3.8, 4) is 0 Å². The van der Waals surface area contributed by atoms with Gasteiger partial charge in [0.25, 0.3) is 8.18 Å². The van der Waals surface area contributed by atoms with E-state index in [9.17, 15) is 18.9 Å². The molecule has 35 heavy (non-hydrogen) atoms. The monoisotopic (exact) mass is 515 g/mol. The van der Waals surface area contributed by atoms with E-state index in [4.69, 9.17) is 24.5 Å². The van der Waals surface area contributed by atoms with Crippen LogP contribution in [0.4, 0.5) is 5.82 Å². The zero-order chi connectivity index (χ0) is 26.3. The number of hydrogen-bond donors (Lipinski definition) is 2. The van der Waals surface area contributed by atoms with Crippen LogP contribution < -0.4 is 10.8 Å². The minimum Gasteiger partial charge on any atom is -0.468 e. The summed E-state index contributed by atoms with van der Waals surface area (Å²) in [4.78, 5) is 39.6. The van der Waals surface area contributed by atoms with E-state index >= 15 is 0 Å². The zero-order valence-corrected chi connectivity index (χ0v) is 21.3. The lowest BCUT2D eigenvalue weighted by atomic mass is 9.93. The van der Waals surface area contributed by atoms with E-state index in [1.807, 2.05) is 0 Å². The van der Waals surface area contributed by atoms with E-state index in [2.05, 4.69) is 19.9 Å². The van der Waals surface area contributed by atoms with Gasteiger partial charge in [-0.3, -0.25) is 18.9 Å². The van der Waals surface area contributed by atoms with Gasteiger partial charge in [-0.05, 0) is 26.0 Å². The predicted octanol–water partition coefficient (Wildman–Crippen LogP) is 0.810. The minimum atomic E-state index is -2.96. The third-order valence-electron chi connectivity index (χ3n) is 5.11. The molecule has 14 nitrogen and oxygen atoms in total. The second kappa shape index (κ2) is 12.1. The Hall–Kier alpha value is -3.06. The van der Waals surface area contributed by atoms with Crippen LogP contribution in [0.25, 0.3) is 5.52 Å². The Morgan fingerprint density at radius 2 is 1.86 bits per heavy atom. The Morgan fingerprint density at radius 1 is 1.20 bits per heavy atom. The Bertz CT molecular complexity index is 1090. The molecule has 1 unspecified atom stereocenters. The third-order valence-corrected chi connectivity index (χ3v) is 6.19. The third kappa shape index (κ3) is 6.98. The van der Waals surface area contributed by atoms with Gasteiger partial charge in [0.05, 0.1) is 19.4 Å². The molecule has 2 rings (SSSR count). The average molecular weight is 515 g/mol. The van der Waals surface area contributed by atoms with Crippen LogP contribution in [0.15, 0.2) is 18.5 Å². The van der Waals surface area contributed by atoms with Gasteiger partial charge in [0, 0.05) is 21.0 Å². The largest absolute Gasteiger partial charge is 0.468 e. The number of nitrogen functional groups attached to an aromatic ring is 1. The van der Waals surface area contributed by atoms with E-state index in [0.29, 0.717) is 11.2 Å². The zero-order valence-electron chi connectivity index (χ0n) is 20.3. The molecule has 2 aromatic rings. The molecular weight excluding hydrogens is 485 g/mol. The maximum absolute atomic E-state index is 12.4. The molecule has 15 heteroatoms. The summed E-state index contributed by atoms with van der Waals surface area (Å²) < 4.78 is 40.5. The molecule has 0 saturated carbocycles. The van der Waals surface area contributed by atoms with Crippen LogP contribution in [-0.2, 0) is 42.4 Å². The summed E-state index contributed by atoms with van der Waals surface area (Å²) in [6, 6.07) is 2.31. The SMILES string of the molecule is COC(=O)[C@H](C)N[PH](=O)OC[C@@](C)(OC)[C@@H](OC(C)=O)[C@@H](OC(C)=O)c1ccc2c(N)ncnn12. The normalized spacial score (nSPS) is 16.5. The smallest absolute Gasteiger partial charge is 0.322 e. The van der Waals surface area contributed by atoms with E-state index < -0.39 is 49.9 Å². The molecule has 2 heterocycles. The van der Waals surface area contributed by atoms with Gasteiger partial charge < -0.3 is 29.2 Å². The number of hydrogen-bond acceptors (Lipinski definition) is 12. The number of fused-ring (bicyclic) bond motifs is 1. The van der Waals surface area contributed by atoms with Crippen molar-refractivity contribution in [2.75, 3.05) is 26.6 Å². The Kier molecular flexibility index (Phi) is 9.72. The minimum absolute atomic E-state index is 0.180. The highest BCUT2D eigenvalue weighted by Gasteiger charge is 2.47. The molecule has 0 radical (unpaired) electrons. The molecule has 0 fully saturated rings. The van der Waals surface area contributed by atoms with Crippen molar-refractivity contribution in [2.24, 2.45) is 0 Å². The van der Waals surface area contributed by atoms with Crippen molar-refractivity contribution in [1.29, 1.82) is 0 Å². The molecule has 0 aliphatic carbocycles. The molecular formula is C20H30N5O9P. The quantitative estimate of drug-likeness (QED) is 0.230. The molecule has 5 atom stereocenters. The molecule has 0 aromatic carbocycles. The lowest BCUT2D eigenvalue weighted by Crippen LogP contribution is -2.51. The highest BCUT2D eigenvalue weighted by Crippen LogP contribution is 2.36. The van der Waals surface area contributed by atoms with Crippen LogP contribution in [0, 0.1) is 0 Å². The number of nitrogens with two attached hydrogens (primary N) is 1. The first-order valence-electron chi connectivity index (χ1n) is 10.4. The lowest BCUT2D eigenvalue weighted by molar-refractivity contribution is -0.198. The summed E-state index contributed by atoms with van der Waals surface area (Å²) in [5.74, 6) is -1.82. The van der Waals surface area contributed by atoms with E-state index in [1.54, 1.807) is 12.1 Å². The highest BCUT2D eigenvalue weighted by molar-refractivity contribution is 7.36. The molecule has 0 saturated heterocycles. The molecule has 0 aliphatic heterocycles. The highest BCUT2D eigenvalue weighted by atomic mass is 31.1. The standard InChI is InChI=1S/C20H30N5O9P/c1-11(19(28)30-5)24-35(29)32-9-20(4,31-6)17(34-13(3)27)16(33-12(2)26)14-7-8-15-18(21)22-10-23-25(14)15/h7-8,10-11,16-17,35H,9H2,1-6H3,(H,24,29)(H2,21,22,23)/t11-,16-,17-,20+/m0/s1. The van der Waals surface area contributed by atoms with Crippen molar-refractivity contribution in [3.05, 3.63) is 24.2 Å². The summed E-state index contributed by atoms with van der Waals surface area (Å²) in [5.41, 5.74) is 5.17. The second-order valence-corrected chi connectivity index (χ2v) is 8.89. The van der Waals surface area contributed by atoms with Crippen molar-refractivity contribution < 1.29 is 42.4 Å². The molecule has 194 valence electrons. The predicted molar refractivity (Wildman–Crippen MR) is 122 cm³/mol. The molecule has 0 amide bonds. The molecule has 2 aromatic heterocycles. The maximum atomic E-state index is 12.4. The summed E-state index contributed by atoms with van der Waals surface area (Å²) in [5, 5.41) is 6.65. The van der Waals surface area contributed by atoms with Crippen LogP contribution in [0.5, 0.6) is 0 Å². The van der Waals surface area contributed by atoms with Gasteiger partial charge in [-0.2, -0.15) is 5.10 Å². The molecule has 0 aliphatic rings. The van der Waals surface area contributed by atoms with Gasteiger partial charge in [-0.25, -0.2) is 14.6 Å². The van der Waals surface area contributed by atoms with E-state index in [0.717, 1.165) is 0 Å². The van der Waals surface area contributed by atoms with Gasteiger partial charge in [0.2, 0.25) is 0 Å². The number of anilines is 1. The fourth-order valence-electron chi connectivity index (χ4n) is 3.25. The van der Waals surface area contributed by atoms with E-state index in [-0.39, 0.29) is 12.4 Å². The Balaban J connectivity index is 2.44. The van der Waals surface area contributed by atoms with Crippen LogP contribution in [0.1, 0.15) is 39.5 Å². The van der Waals surface area contributed by atoms with Crippen LogP contribution >= 0.6 is 8.18 Å². The van der Waals surface area contributed by atoms with Gasteiger partial charge in [-0.1, -0.05) is 0 Å². The van der Waals surface area contributed by atoms with Crippen LogP contribution in [0.2, 0.25) is 0 Å². The van der Waals surface area contributed by atoms with Gasteiger partial charge in [0.1, 0.15) is 23.5 Å². The molecule has 3 N–H and O–H groups in total. The van der Waals surface area contributed by atoms with Gasteiger partial charge in [-0.15, -0.1) is 0 Å². The fourth-order valence-corrected chi connectivity index (χ4v) is 4.22. The number of nitrogens with one attached hydrogen (secondary N) is 1. The first-order chi connectivity index (χ1) is 16.4. The topological polar surface area (TPSA) is 183 Å². The number of nitrogens with zero attached hydrogens (tertiary/aromatic N) is 3. The number of esters is 3. The van der Waals surface area contributed by atoms with Crippen LogP contribution in [0.3, 0.4) is 0 Å². The first-order valence-corrected chi connectivity index (χ1v) is 11.7. The average Bonchev–Trinajstić information content (AvgIpc) is 3.24. The van der Waals surface area contributed by atoms with Gasteiger partial charge >= 0.3 is 17.9 Å². The lowest BCUT2D eigenvalue weighted by Gasteiger charge is -2.38. The van der Waals surface area contributed by atoms with Crippen LogP contribution in [-0.4, -0.2) is 71.1 Å². The number of rotatable bonds is 12. The Labute approximate surface area is 202 Å².